The van der Waals surface area contributed by atoms with Crippen LogP contribution in [0.5, 0.6) is 0 Å². The van der Waals surface area contributed by atoms with Gasteiger partial charge < -0.3 is 0 Å². The van der Waals surface area contributed by atoms with Crippen LogP contribution in [0.3, 0.4) is 0 Å². The Labute approximate surface area is 80.9 Å². The molecule has 4 nitrogen and oxygen atoms in total. The SMILES string of the molecule is O=[N+]([O-])c1c(I)ccnc1Cl. The van der Waals surface area contributed by atoms with Gasteiger partial charge >= 0.3 is 5.69 Å². The molecule has 0 amide bonds. The van der Waals surface area contributed by atoms with E-state index in [9.17, 15) is 10.1 Å². The molecule has 0 aliphatic carbocycles. The summed E-state index contributed by atoms with van der Waals surface area (Å²) in [6.07, 6.45) is 1.43. The third-order valence-corrected chi connectivity index (χ3v) is 2.16. The highest BCUT2D eigenvalue weighted by Crippen LogP contribution is 2.26. The Balaban J connectivity index is 3.32. The van der Waals surface area contributed by atoms with Crippen molar-refractivity contribution in [3.05, 3.63) is 31.1 Å². The van der Waals surface area contributed by atoms with Crippen LogP contribution in [-0.2, 0) is 0 Å². The second-order valence-corrected chi connectivity index (χ2v) is 3.21. The van der Waals surface area contributed by atoms with Crippen molar-refractivity contribution < 1.29 is 4.92 Å². The minimum Gasteiger partial charge on any atom is -0.258 e. The molecular formula is C5H2ClIN2O2. The summed E-state index contributed by atoms with van der Waals surface area (Å²) in [5.74, 6) is 0. The topological polar surface area (TPSA) is 56.0 Å². The minimum atomic E-state index is -0.545. The van der Waals surface area contributed by atoms with E-state index >= 15 is 0 Å². The van der Waals surface area contributed by atoms with Crippen LogP contribution >= 0.6 is 34.2 Å². The predicted octanol–water partition coefficient (Wildman–Crippen LogP) is 2.25. The van der Waals surface area contributed by atoms with Gasteiger partial charge in [-0.3, -0.25) is 10.1 Å². The number of rotatable bonds is 1. The summed E-state index contributed by atoms with van der Waals surface area (Å²) in [6.45, 7) is 0. The standard InChI is InChI=1S/C5H2ClIN2O2/c6-5-4(9(10)11)3(7)1-2-8-5/h1-2H. The van der Waals surface area contributed by atoms with Crippen molar-refractivity contribution in [2.24, 2.45) is 0 Å². The molecule has 1 aromatic heterocycles. The molecule has 11 heavy (non-hydrogen) atoms. The minimum absolute atomic E-state index is 0.0677. The molecule has 1 heterocycles. The summed E-state index contributed by atoms with van der Waals surface area (Å²) >= 11 is 7.30. The number of hydrogen-bond acceptors (Lipinski definition) is 3. The number of aromatic nitrogens is 1. The van der Waals surface area contributed by atoms with E-state index < -0.39 is 4.92 Å². The lowest BCUT2D eigenvalue weighted by molar-refractivity contribution is -0.386. The highest BCUT2D eigenvalue weighted by Gasteiger charge is 2.16. The van der Waals surface area contributed by atoms with Crippen molar-refractivity contribution in [1.82, 2.24) is 4.98 Å². The van der Waals surface area contributed by atoms with Crippen molar-refractivity contribution in [3.8, 4) is 0 Å². The van der Waals surface area contributed by atoms with E-state index in [-0.39, 0.29) is 10.8 Å². The van der Waals surface area contributed by atoms with Gasteiger partial charge in [0, 0.05) is 6.20 Å². The fourth-order valence-corrected chi connectivity index (χ4v) is 1.57. The van der Waals surface area contributed by atoms with Gasteiger partial charge in [0.05, 0.1) is 8.49 Å². The van der Waals surface area contributed by atoms with Gasteiger partial charge in [-0.2, -0.15) is 0 Å². The first-order valence-electron chi connectivity index (χ1n) is 2.57. The van der Waals surface area contributed by atoms with E-state index in [1.807, 2.05) is 22.6 Å². The summed E-state index contributed by atoms with van der Waals surface area (Å²) < 4.78 is 0.493. The Hall–Kier alpha value is -0.430. The molecule has 1 rings (SSSR count). The number of nitrogens with zero attached hydrogens (tertiary/aromatic N) is 2. The number of halogens is 2. The van der Waals surface area contributed by atoms with Crippen molar-refractivity contribution in [2.45, 2.75) is 0 Å². The smallest absolute Gasteiger partial charge is 0.258 e. The first-order chi connectivity index (χ1) is 5.13. The van der Waals surface area contributed by atoms with Crippen molar-refractivity contribution in [3.63, 3.8) is 0 Å². The molecule has 0 fully saturated rings. The second-order valence-electron chi connectivity index (χ2n) is 1.69. The zero-order chi connectivity index (χ0) is 8.43. The molecule has 0 N–H and O–H groups in total. The van der Waals surface area contributed by atoms with Gasteiger partial charge in [-0.15, -0.1) is 0 Å². The van der Waals surface area contributed by atoms with E-state index in [1.165, 1.54) is 12.3 Å². The van der Waals surface area contributed by atoms with Crippen LogP contribution in [0.1, 0.15) is 0 Å². The lowest BCUT2D eigenvalue weighted by Gasteiger charge is -1.94. The zero-order valence-electron chi connectivity index (χ0n) is 5.12. The highest BCUT2D eigenvalue weighted by atomic mass is 127. The van der Waals surface area contributed by atoms with Crippen LogP contribution in [-0.4, -0.2) is 9.91 Å². The van der Waals surface area contributed by atoms with Crippen LogP contribution in [0, 0.1) is 13.7 Å². The molecule has 0 saturated heterocycles. The summed E-state index contributed by atoms with van der Waals surface area (Å²) in [5.41, 5.74) is -0.130. The third-order valence-electron chi connectivity index (χ3n) is 1.01. The molecule has 0 radical (unpaired) electrons. The average Bonchev–Trinajstić information content (AvgIpc) is 1.85. The molecule has 0 aliphatic heterocycles. The molecule has 0 unspecified atom stereocenters. The Kier molecular flexibility index (Phi) is 2.61. The first kappa shape index (κ1) is 8.66. The summed E-state index contributed by atoms with van der Waals surface area (Å²) in [4.78, 5) is 13.4. The molecule has 0 atom stereocenters. The molecule has 0 bridgehead atoms. The van der Waals surface area contributed by atoms with E-state index in [1.54, 1.807) is 0 Å². The van der Waals surface area contributed by atoms with Crippen molar-refractivity contribution in [1.29, 1.82) is 0 Å². The maximum absolute atomic E-state index is 10.3. The van der Waals surface area contributed by atoms with E-state index in [4.69, 9.17) is 11.6 Å². The zero-order valence-corrected chi connectivity index (χ0v) is 8.03. The van der Waals surface area contributed by atoms with Gasteiger partial charge in [0.1, 0.15) is 0 Å². The molecule has 1 aromatic rings. The third kappa shape index (κ3) is 1.78. The fraction of sp³-hybridized carbons (Fsp3) is 0. The van der Waals surface area contributed by atoms with Crippen LogP contribution in [0.25, 0.3) is 0 Å². The maximum atomic E-state index is 10.3. The molecule has 0 saturated carbocycles. The summed E-state index contributed by atoms with van der Waals surface area (Å²) in [7, 11) is 0. The van der Waals surface area contributed by atoms with Gasteiger partial charge in [0.25, 0.3) is 0 Å². The van der Waals surface area contributed by atoms with Gasteiger partial charge in [0.15, 0.2) is 0 Å². The Morgan fingerprint density at radius 2 is 2.36 bits per heavy atom. The highest BCUT2D eigenvalue weighted by molar-refractivity contribution is 14.1. The Bertz CT molecular complexity index is 284. The molecular weight excluding hydrogens is 282 g/mol. The lowest BCUT2D eigenvalue weighted by Crippen LogP contribution is -1.93. The van der Waals surface area contributed by atoms with Crippen LogP contribution in [0.4, 0.5) is 5.69 Å². The first-order valence-corrected chi connectivity index (χ1v) is 4.03. The molecule has 0 aliphatic rings. The number of pyridine rings is 1. The average molecular weight is 284 g/mol. The van der Waals surface area contributed by atoms with E-state index in [2.05, 4.69) is 4.98 Å². The molecule has 6 heteroatoms. The monoisotopic (exact) mass is 284 g/mol. The quantitative estimate of drug-likeness (QED) is 0.344. The van der Waals surface area contributed by atoms with Crippen molar-refractivity contribution in [2.75, 3.05) is 0 Å². The summed E-state index contributed by atoms with van der Waals surface area (Å²) in [6, 6.07) is 1.53. The van der Waals surface area contributed by atoms with E-state index in [0.717, 1.165) is 0 Å². The van der Waals surface area contributed by atoms with Gasteiger partial charge in [-0.25, -0.2) is 4.98 Å². The lowest BCUT2D eigenvalue weighted by atomic mass is 10.4. The maximum Gasteiger partial charge on any atom is 0.319 e. The Morgan fingerprint density at radius 3 is 2.73 bits per heavy atom. The molecule has 0 spiro atoms. The van der Waals surface area contributed by atoms with Gasteiger partial charge in [-0.05, 0) is 28.7 Å². The van der Waals surface area contributed by atoms with Crippen molar-refractivity contribution >= 4 is 39.9 Å². The van der Waals surface area contributed by atoms with Crippen LogP contribution < -0.4 is 0 Å². The normalized spacial score (nSPS) is 9.64. The number of nitro groups is 1. The predicted molar refractivity (Wildman–Crippen MR) is 48.6 cm³/mol. The van der Waals surface area contributed by atoms with Crippen LogP contribution in [0.2, 0.25) is 5.15 Å². The molecule has 0 aromatic carbocycles. The summed E-state index contributed by atoms with van der Waals surface area (Å²) in [5, 5.41) is 10.3. The van der Waals surface area contributed by atoms with Crippen LogP contribution in [0.15, 0.2) is 12.3 Å². The van der Waals surface area contributed by atoms with Gasteiger partial charge in [0.2, 0.25) is 5.15 Å². The second kappa shape index (κ2) is 3.31. The largest absolute Gasteiger partial charge is 0.319 e. The van der Waals surface area contributed by atoms with E-state index in [0.29, 0.717) is 3.57 Å². The number of hydrogen-bond donors (Lipinski definition) is 0. The molecule has 58 valence electrons. The Morgan fingerprint density at radius 1 is 1.73 bits per heavy atom. The fourth-order valence-electron chi connectivity index (χ4n) is 0.569. The van der Waals surface area contributed by atoms with Gasteiger partial charge in [-0.1, -0.05) is 11.6 Å².